The standard InChI is InChI=1S/C19H25NO4/c1-18(2,3)24-17(23)20-13-7-6-9-14-8-4-5-10-15(14)19(11-12-19)16(21)22/h4-6,8-10H,7,11-13H2,1-3H3,(H,20,23)(H,21,22). The predicted molar refractivity (Wildman–Crippen MR) is 92.9 cm³/mol. The first-order chi connectivity index (χ1) is 11.2. The highest BCUT2D eigenvalue weighted by atomic mass is 16.6. The number of alkyl carbamates (subject to hydrolysis) is 1. The maximum Gasteiger partial charge on any atom is 0.407 e. The first-order valence-electron chi connectivity index (χ1n) is 8.21. The summed E-state index contributed by atoms with van der Waals surface area (Å²) in [5.74, 6) is -0.755. The van der Waals surface area contributed by atoms with Gasteiger partial charge in [0.25, 0.3) is 0 Å². The van der Waals surface area contributed by atoms with Crippen LogP contribution in [0.4, 0.5) is 4.79 Å². The third-order valence-electron chi connectivity index (χ3n) is 3.91. The maximum atomic E-state index is 11.5. The fraction of sp³-hybridized carbons (Fsp3) is 0.474. The molecule has 24 heavy (non-hydrogen) atoms. The molecule has 1 aliphatic rings. The molecule has 5 heteroatoms. The van der Waals surface area contributed by atoms with Crippen molar-refractivity contribution in [1.29, 1.82) is 0 Å². The van der Waals surface area contributed by atoms with Gasteiger partial charge in [-0.05, 0) is 51.2 Å². The van der Waals surface area contributed by atoms with Crippen LogP contribution in [0, 0.1) is 0 Å². The van der Waals surface area contributed by atoms with E-state index in [1.54, 1.807) is 0 Å². The van der Waals surface area contributed by atoms with Crippen molar-refractivity contribution in [3.8, 4) is 0 Å². The second-order valence-electron chi connectivity index (χ2n) is 7.09. The smallest absolute Gasteiger partial charge is 0.407 e. The topological polar surface area (TPSA) is 75.6 Å². The summed E-state index contributed by atoms with van der Waals surface area (Å²) in [7, 11) is 0. The molecule has 0 aromatic heterocycles. The first-order valence-corrected chi connectivity index (χ1v) is 8.21. The molecule has 1 saturated carbocycles. The molecule has 0 atom stereocenters. The third kappa shape index (κ3) is 4.60. The Bertz CT molecular complexity index is 639. The zero-order chi connectivity index (χ0) is 17.8. The van der Waals surface area contributed by atoms with Crippen LogP contribution in [0.15, 0.2) is 30.3 Å². The molecule has 130 valence electrons. The van der Waals surface area contributed by atoms with Crippen molar-refractivity contribution in [1.82, 2.24) is 5.32 Å². The molecule has 1 aromatic carbocycles. The second kappa shape index (κ2) is 7.07. The SMILES string of the molecule is CC(C)(C)OC(=O)NCCC=Cc1ccccc1C1(C(=O)O)CC1. The number of amides is 1. The summed E-state index contributed by atoms with van der Waals surface area (Å²) in [6.07, 6.45) is 5.46. The quantitative estimate of drug-likeness (QED) is 0.779. The van der Waals surface area contributed by atoms with Crippen LogP contribution >= 0.6 is 0 Å². The van der Waals surface area contributed by atoms with E-state index in [0.29, 0.717) is 25.8 Å². The Labute approximate surface area is 142 Å². The van der Waals surface area contributed by atoms with Gasteiger partial charge in [-0.3, -0.25) is 4.79 Å². The van der Waals surface area contributed by atoms with E-state index < -0.39 is 23.1 Å². The number of carboxylic acids is 1. The second-order valence-corrected chi connectivity index (χ2v) is 7.09. The van der Waals surface area contributed by atoms with Gasteiger partial charge in [-0.1, -0.05) is 36.4 Å². The van der Waals surface area contributed by atoms with Crippen LogP contribution < -0.4 is 5.32 Å². The average Bonchev–Trinajstić information content (AvgIpc) is 3.27. The molecule has 2 rings (SSSR count). The predicted octanol–water partition coefficient (Wildman–Crippen LogP) is 3.73. The lowest BCUT2D eigenvalue weighted by Crippen LogP contribution is -2.32. The van der Waals surface area contributed by atoms with E-state index in [0.717, 1.165) is 11.1 Å². The lowest BCUT2D eigenvalue weighted by atomic mass is 9.91. The summed E-state index contributed by atoms with van der Waals surface area (Å²) >= 11 is 0. The molecule has 1 aromatic rings. The number of carbonyl (C=O) groups excluding carboxylic acids is 1. The van der Waals surface area contributed by atoms with E-state index in [4.69, 9.17) is 4.74 Å². The number of hydrogen-bond donors (Lipinski definition) is 2. The van der Waals surface area contributed by atoms with Gasteiger partial charge in [-0.2, -0.15) is 0 Å². The fourth-order valence-electron chi connectivity index (χ4n) is 2.58. The highest BCUT2D eigenvalue weighted by Gasteiger charge is 2.52. The van der Waals surface area contributed by atoms with Crippen LogP contribution in [0.2, 0.25) is 0 Å². The van der Waals surface area contributed by atoms with Crippen molar-refractivity contribution in [3.63, 3.8) is 0 Å². The van der Waals surface area contributed by atoms with E-state index in [1.807, 2.05) is 57.2 Å². The van der Waals surface area contributed by atoms with Crippen molar-refractivity contribution >= 4 is 18.1 Å². The van der Waals surface area contributed by atoms with Gasteiger partial charge in [0.1, 0.15) is 5.60 Å². The number of carbonyl (C=O) groups is 2. The van der Waals surface area contributed by atoms with Gasteiger partial charge in [-0.15, -0.1) is 0 Å². The van der Waals surface area contributed by atoms with E-state index in [-0.39, 0.29) is 0 Å². The Morgan fingerprint density at radius 2 is 1.96 bits per heavy atom. The molecule has 0 spiro atoms. The summed E-state index contributed by atoms with van der Waals surface area (Å²) in [5.41, 5.74) is 0.577. The molecule has 0 bridgehead atoms. The Hall–Kier alpha value is -2.30. The van der Waals surface area contributed by atoms with Crippen molar-refractivity contribution in [2.45, 2.75) is 51.0 Å². The number of ether oxygens (including phenoxy) is 1. The highest BCUT2D eigenvalue weighted by Crippen LogP contribution is 2.49. The molecule has 2 N–H and O–H groups in total. The normalized spacial score (nSPS) is 16.0. The van der Waals surface area contributed by atoms with Crippen LogP contribution in [0.1, 0.15) is 51.2 Å². The molecular formula is C19H25NO4. The summed E-state index contributed by atoms with van der Waals surface area (Å²) in [6, 6.07) is 7.59. The number of aliphatic carboxylic acids is 1. The van der Waals surface area contributed by atoms with E-state index in [1.165, 1.54) is 0 Å². The van der Waals surface area contributed by atoms with Gasteiger partial charge < -0.3 is 15.2 Å². The summed E-state index contributed by atoms with van der Waals surface area (Å²) < 4.78 is 5.16. The van der Waals surface area contributed by atoms with Crippen LogP contribution in [-0.2, 0) is 14.9 Å². The molecular weight excluding hydrogens is 306 g/mol. The summed E-state index contributed by atoms with van der Waals surface area (Å²) in [6.45, 7) is 5.93. The van der Waals surface area contributed by atoms with E-state index >= 15 is 0 Å². The van der Waals surface area contributed by atoms with Crippen LogP contribution in [-0.4, -0.2) is 29.3 Å². The van der Waals surface area contributed by atoms with Crippen molar-refractivity contribution in [3.05, 3.63) is 41.5 Å². The Morgan fingerprint density at radius 3 is 2.54 bits per heavy atom. The Balaban J connectivity index is 1.90. The number of hydrogen-bond acceptors (Lipinski definition) is 3. The lowest BCUT2D eigenvalue weighted by Gasteiger charge is -2.19. The third-order valence-corrected chi connectivity index (χ3v) is 3.91. The van der Waals surface area contributed by atoms with Gasteiger partial charge in [0.2, 0.25) is 0 Å². The van der Waals surface area contributed by atoms with Gasteiger partial charge in [-0.25, -0.2) is 4.79 Å². The van der Waals surface area contributed by atoms with Crippen LogP contribution in [0.3, 0.4) is 0 Å². The highest BCUT2D eigenvalue weighted by molar-refractivity contribution is 5.86. The molecule has 1 fully saturated rings. The van der Waals surface area contributed by atoms with E-state index in [2.05, 4.69) is 5.32 Å². The molecule has 1 amide bonds. The monoisotopic (exact) mass is 331 g/mol. The zero-order valence-electron chi connectivity index (χ0n) is 14.5. The Kier molecular flexibility index (Phi) is 5.32. The number of benzene rings is 1. The first kappa shape index (κ1) is 18.0. The van der Waals surface area contributed by atoms with E-state index in [9.17, 15) is 14.7 Å². The van der Waals surface area contributed by atoms with Gasteiger partial charge in [0.05, 0.1) is 5.41 Å². The van der Waals surface area contributed by atoms with Gasteiger partial charge in [0.15, 0.2) is 0 Å². The number of carboxylic acid groups (broad SMARTS) is 1. The molecule has 0 unspecified atom stereocenters. The molecule has 0 aliphatic heterocycles. The van der Waals surface area contributed by atoms with Gasteiger partial charge in [0, 0.05) is 6.54 Å². The van der Waals surface area contributed by atoms with Crippen LogP contribution in [0.5, 0.6) is 0 Å². The number of nitrogens with one attached hydrogen (secondary N) is 1. The molecule has 0 saturated heterocycles. The molecule has 0 radical (unpaired) electrons. The van der Waals surface area contributed by atoms with Crippen molar-refractivity contribution in [2.24, 2.45) is 0 Å². The lowest BCUT2D eigenvalue weighted by molar-refractivity contribution is -0.140. The van der Waals surface area contributed by atoms with Crippen molar-refractivity contribution in [2.75, 3.05) is 6.54 Å². The average molecular weight is 331 g/mol. The molecule has 0 heterocycles. The molecule has 5 nitrogen and oxygen atoms in total. The Morgan fingerprint density at radius 1 is 1.29 bits per heavy atom. The summed E-state index contributed by atoms with van der Waals surface area (Å²) in [5, 5.41) is 12.2. The van der Waals surface area contributed by atoms with Crippen molar-refractivity contribution < 1.29 is 19.4 Å². The minimum atomic E-state index is -0.755. The minimum absolute atomic E-state index is 0.431. The summed E-state index contributed by atoms with van der Waals surface area (Å²) in [4.78, 5) is 23.1. The fourth-order valence-corrected chi connectivity index (χ4v) is 2.58. The largest absolute Gasteiger partial charge is 0.481 e. The zero-order valence-corrected chi connectivity index (χ0v) is 14.5. The maximum absolute atomic E-state index is 11.5. The minimum Gasteiger partial charge on any atom is -0.481 e. The van der Waals surface area contributed by atoms with Crippen LogP contribution in [0.25, 0.3) is 6.08 Å². The molecule has 1 aliphatic carbocycles. The number of rotatable bonds is 6. The van der Waals surface area contributed by atoms with Gasteiger partial charge >= 0.3 is 12.1 Å².